The molecule has 1 aromatic rings. The number of nitrogens with zero attached hydrogens (tertiary/aromatic N) is 1. The zero-order valence-corrected chi connectivity index (χ0v) is 16.2. The third-order valence-corrected chi connectivity index (χ3v) is 5.82. The van der Waals surface area contributed by atoms with Gasteiger partial charge in [0, 0.05) is 35.5 Å². The fourth-order valence-electron chi connectivity index (χ4n) is 4.67. The zero-order chi connectivity index (χ0) is 19.2. The van der Waals surface area contributed by atoms with Gasteiger partial charge in [-0.05, 0) is 68.2 Å². The van der Waals surface area contributed by atoms with E-state index in [4.69, 9.17) is 4.99 Å². The van der Waals surface area contributed by atoms with E-state index in [1.807, 2.05) is 31.3 Å². The number of hydrogen-bond acceptors (Lipinski definition) is 3. The SMILES string of the molecule is C=C1C=CC2=C(CC3C=C(C)CC2(N=Cc2ccc(O)c(C)c2)C3=CC)N1. The quantitative estimate of drug-likeness (QED) is 0.570. The van der Waals surface area contributed by atoms with Gasteiger partial charge in [-0.25, -0.2) is 0 Å². The van der Waals surface area contributed by atoms with E-state index in [-0.39, 0.29) is 5.54 Å². The summed E-state index contributed by atoms with van der Waals surface area (Å²) in [6.07, 6.45) is 12.7. The molecule has 1 heterocycles. The molecule has 1 aliphatic heterocycles. The second kappa shape index (κ2) is 6.41. The average Bonchev–Trinajstić information content (AvgIpc) is 2.62. The Morgan fingerprint density at radius 2 is 2.11 bits per heavy atom. The van der Waals surface area contributed by atoms with Crippen LogP contribution in [0.2, 0.25) is 0 Å². The van der Waals surface area contributed by atoms with E-state index >= 15 is 0 Å². The van der Waals surface area contributed by atoms with Crippen LogP contribution in [0, 0.1) is 12.8 Å². The lowest BCUT2D eigenvalue weighted by molar-refractivity contribution is 0.453. The Bertz CT molecular complexity index is 974. The number of rotatable bonds is 2. The van der Waals surface area contributed by atoms with E-state index in [0.29, 0.717) is 11.7 Å². The summed E-state index contributed by atoms with van der Waals surface area (Å²) in [4.78, 5) is 5.19. The van der Waals surface area contributed by atoms with Gasteiger partial charge in [0.05, 0.1) is 0 Å². The van der Waals surface area contributed by atoms with Gasteiger partial charge in [0.2, 0.25) is 0 Å². The minimum atomic E-state index is -0.373. The molecule has 0 radical (unpaired) electrons. The van der Waals surface area contributed by atoms with E-state index in [1.165, 1.54) is 22.4 Å². The summed E-state index contributed by atoms with van der Waals surface area (Å²) in [5.74, 6) is 0.685. The van der Waals surface area contributed by atoms with Gasteiger partial charge >= 0.3 is 0 Å². The van der Waals surface area contributed by atoms with Crippen molar-refractivity contribution >= 4 is 6.21 Å². The normalized spacial score (nSPS) is 28.4. The number of allylic oxidation sites excluding steroid dienone is 4. The highest BCUT2D eigenvalue weighted by molar-refractivity contribution is 5.82. The average molecular weight is 358 g/mol. The summed E-state index contributed by atoms with van der Waals surface area (Å²) in [6, 6.07) is 5.62. The number of dihydropyridines is 1. The molecule has 4 rings (SSSR count). The van der Waals surface area contributed by atoms with E-state index in [2.05, 4.69) is 44.0 Å². The molecular formula is C24H26N2O. The van der Waals surface area contributed by atoms with Crippen molar-refractivity contribution in [3.63, 3.8) is 0 Å². The summed E-state index contributed by atoms with van der Waals surface area (Å²) in [5.41, 5.74) is 7.67. The first kappa shape index (κ1) is 17.6. The van der Waals surface area contributed by atoms with Gasteiger partial charge < -0.3 is 10.4 Å². The van der Waals surface area contributed by atoms with Crippen molar-refractivity contribution < 1.29 is 5.11 Å². The molecule has 0 saturated carbocycles. The van der Waals surface area contributed by atoms with E-state index in [9.17, 15) is 5.11 Å². The Balaban J connectivity index is 1.86. The summed E-state index contributed by atoms with van der Waals surface area (Å²) in [6.45, 7) is 10.3. The highest BCUT2D eigenvalue weighted by Crippen LogP contribution is 2.52. The predicted octanol–water partition coefficient (Wildman–Crippen LogP) is 5.10. The van der Waals surface area contributed by atoms with Crippen molar-refractivity contribution in [2.45, 2.75) is 39.2 Å². The van der Waals surface area contributed by atoms with Crippen LogP contribution in [-0.4, -0.2) is 16.9 Å². The van der Waals surface area contributed by atoms with E-state index in [0.717, 1.165) is 29.7 Å². The Labute approximate surface area is 161 Å². The fourth-order valence-corrected chi connectivity index (χ4v) is 4.67. The highest BCUT2D eigenvalue weighted by atomic mass is 16.3. The zero-order valence-electron chi connectivity index (χ0n) is 16.2. The molecule has 2 aliphatic carbocycles. The number of aryl methyl sites for hydroxylation is 1. The van der Waals surface area contributed by atoms with Gasteiger partial charge in [0.25, 0.3) is 0 Å². The summed E-state index contributed by atoms with van der Waals surface area (Å²) in [7, 11) is 0. The maximum absolute atomic E-state index is 9.80. The maximum atomic E-state index is 9.80. The molecule has 2 unspecified atom stereocenters. The molecule has 3 heteroatoms. The monoisotopic (exact) mass is 358 g/mol. The molecule has 0 spiro atoms. The van der Waals surface area contributed by atoms with E-state index in [1.54, 1.807) is 6.07 Å². The van der Waals surface area contributed by atoms with Crippen LogP contribution in [0.15, 0.2) is 82.2 Å². The molecule has 2 atom stereocenters. The first-order valence-electron chi connectivity index (χ1n) is 9.49. The van der Waals surface area contributed by atoms with Crippen LogP contribution in [0.4, 0.5) is 0 Å². The lowest BCUT2D eigenvalue weighted by atomic mass is 9.62. The van der Waals surface area contributed by atoms with Crippen molar-refractivity contribution in [1.29, 1.82) is 0 Å². The minimum absolute atomic E-state index is 0.316. The summed E-state index contributed by atoms with van der Waals surface area (Å²) >= 11 is 0. The fraction of sp³-hybridized carbons (Fsp3) is 0.292. The number of aliphatic imine (C=N–C) groups is 1. The molecule has 0 amide bonds. The number of nitrogens with one attached hydrogen (secondary N) is 1. The van der Waals surface area contributed by atoms with Crippen LogP contribution in [-0.2, 0) is 0 Å². The third kappa shape index (κ3) is 2.87. The topological polar surface area (TPSA) is 44.6 Å². The molecule has 1 aromatic carbocycles. The number of aromatic hydroxyl groups is 1. The smallest absolute Gasteiger partial charge is 0.118 e. The van der Waals surface area contributed by atoms with Crippen LogP contribution >= 0.6 is 0 Å². The molecule has 0 fully saturated rings. The standard InChI is InChI=1S/C24H26N2O/c1-5-20-19-10-15(2)13-24(20,21-8-6-17(4)26-22(21)12-19)25-14-18-7-9-23(27)16(3)11-18/h5-11,14,19,26-27H,4,12-13H2,1-3H3. The van der Waals surface area contributed by atoms with Crippen LogP contribution in [0.5, 0.6) is 5.75 Å². The Morgan fingerprint density at radius 1 is 1.30 bits per heavy atom. The van der Waals surface area contributed by atoms with Crippen LogP contribution in [0.3, 0.4) is 0 Å². The summed E-state index contributed by atoms with van der Waals surface area (Å²) < 4.78 is 0. The molecule has 0 saturated heterocycles. The van der Waals surface area contributed by atoms with Gasteiger partial charge in [-0.3, -0.25) is 4.99 Å². The number of phenols is 1. The predicted molar refractivity (Wildman–Crippen MR) is 112 cm³/mol. The molecule has 2 N–H and O–H groups in total. The highest BCUT2D eigenvalue weighted by Gasteiger charge is 2.47. The Hall–Kier alpha value is -2.81. The Kier molecular flexibility index (Phi) is 4.18. The third-order valence-electron chi connectivity index (χ3n) is 5.82. The number of fused-ring (bicyclic) bond motifs is 3. The molecule has 27 heavy (non-hydrogen) atoms. The van der Waals surface area contributed by atoms with Gasteiger partial charge in [-0.1, -0.05) is 30.4 Å². The number of benzene rings is 1. The van der Waals surface area contributed by atoms with Crippen LogP contribution < -0.4 is 5.32 Å². The van der Waals surface area contributed by atoms with Crippen LogP contribution in [0.25, 0.3) is 0 Å². The first-order chi connectivity index (χ1) is 12.9. The number of hydrogen-bond donors (Lipinski definition) is 2. The molecule has 138 valence electrons. The molecule has 2 bridgehead atoms. The minimum Gasteiger partial charge on any atom is -0.508 e. The van der Waals surface area contributed by atoms with Gasteiger partial charge in [-0.15, -0.1) is 0 Å². The van der Waals surface area contributed by atoms with Gasteiger partial charge in [0.15, 0.2) is 0 Å². The maximum Gasteiger partial charge on any atom is 0.118 e. The molecule has 3 nitrogen and oxygen atoms in total. The van der Waals surface area contributed by atoms with Gasteiger partial charge in [-0.2, -0.15) is 0 Å². The first-order valence-corrected chi connectivity index (χ1v) is 9.49. The van der Waals surface area contributed by atoms with Crippen molar-refractivity contribution in [2.24, 2.45) is 10.9 Å². The Morgan fingerprint density at radius 3 is 2.85 bits per heavy atom. The molecular weight excluding hydrogens is 332 g/mol. The largest absolute Gasteiger partial charge is 0.508 e. The lowest BCUT2D eigenvalue weighted by Crippen LogP contribution is -2.44. The summed E-state index contributed by atoms with van der Waals surface area (Å²) in [5, 5.41) is 13.3. The second-order valence-corrected chi connectivity index (χ2v) is 7.78. The lowest BCUT2D eigenvalue weighted by Gasteiger charge is -2.47. The van der Waals surface area contributed by atoms with Crippen molar-refractivity contribution in [2.75, 3.05) is 0 Å². The second-order valence-electron chi connectivity index (χ2n) is 7.78. The van der Waals surface area contributed by atoms with Crippen molar-refractivity contribution in [1.82, 2.24) is 5.32 Å². The van der Waals surface area contributed by atoms with E-state index < -0.39 is 0 Å². The number of phenolic OH excluding ortho intramolecular Hbond substituents is 1. The molecule has 3 aliphatic rings. The van der Waals surface area contributed by atoms with Crippen molar-refractivity contribution in [3.05, 3.63) is 88.3 Å². The molecule has 0 aromatic heterocycles. The van der Waals surface area contributed by atoms with Crippen LogP contribution in [0.1, 0.15) is 37.8 Å². The van der Waals surface area contributed by atoms with Gasteiger partial charge in [0.1, 0.15) is 11.3 Å². The van der Waals surface area contributed by atoms with Crippen molar-refractivity contribution in [3.8, 4) is 5.75 Å².